The van der Waals surface area contributed by atoms with Gasteiger partial charge in [-0.05, 0) is 26.5 Å². The third-order valence-electron chi connectivity index (χ3n) is 2.11. The maximum absolute atomic E-state index is 8.92. The zero-order chi connectivity index (χ0) is 9.68. The zero-order valence-electron chi connectivity index (χ0n) is 8.20. The van der Waals surface area contributed by atoms with Gasteiger partial charge >= 0.3 is 0 Å². The summed E-state index contributed by atoms with van der Waals surface area (Å²) >= 11 is 0. The molecule has 0 aliphatic rings. The Labute approximate surface area is 78.6 Å². The van der Waals surface area contributed by atoms with Crippen LogP contribution in [-0.2, 0) is 6.54 Å². The van der Waals surface area contributed by atoms with Crippen molar-refractivity contribution in [2.24, 2.45) is 0 Å². The minimum absolute atomic E-state index is 0.171. The molecule has 0 aliphatic heterocycles. The summed E-state index contributed by atoms with van der Waals surface area (Å²) in [6.45, 7) is 2.99. The smallest absolute Gasteiger partial charge is 0.0593 e. The molecule has 0 amide bonds. The van der Waals surface area contributed by atoms with Crippen LogP contribution >= 0.6 is 0 Å². The van der Waals surface area contributed by atoms with Crippen LogP contribution in [0.3, 0.4) is 0 Å². The van der Waals surface area contributed by atoms with Crippen LogP contribution < -0.4 is 5.32 Å². The van der Waals surface area contributed by atoms with Crippen LogP contribution in [0.5, 0.6) is 0 Å². The van der Waals surface area contributed by atoms with E-state index in [-0.39, 0.29) is 12.6 Å². The average molecular weight is 183 g/mol. The molecule has 0 saturated carbocycles. The van der Waals surface area contributed by atoms with E-state index < -0.39 is 0 Å². The molecule has 0 aromatic carbocycles. The predicted octanol–water partition coefficient (Wildman–Crippen LogP) is 0.162. The second-order valence-electron chi connectivity index (χ2n) is 3.18. The maximum atomic E-state index is 8.92. The molecule has 13 heavy (non-hydrogen) atoms. The van der Waals surface area contributed by atoms with Gasteiger partial charge in [0.05, 0.1) is 12.3 Å². The second kappa shape index (κ2) is 4.99. The van der Waals surface area contributed by atoms with E-state index in [1.165, 1.54) is 0 Å². The number of aliphatic hydroxyl groups is 1. The van der Waals surface area contributed by atoms with Crippen molar-refractivity contribution in [2.45, 2.75) is 25.9 Å². The van der Waals surface area contributed by atoms with Crippen LogP contribution in [-0.4, -0.2) is 34.6 Å². The fourth-order valence-electron chi connectivity index (χ4n) is 1.20. The number of nitrogens with zero attached hydrogens (tertiary/aromatic N) is 2. The molecule has 1 atom stereocenters. The highest BCUT2D eigenvalue weighted by Crippen LogP contribution is 1.97. The van der Waals surface area contributed by atoms with Gasteiger partial charge in [-0.15, -0.1) is 0 Å². The summed E-state index contributed by atoms with van der Waals surface area (Å²) in [5, 5.41) is 16.2. The summed E-state index contributed by atoms with van der Waals surface area (Å²) in [4.78, 5) is 0. The lowest BCUT2D eigenvalue weighted by molar-refractivity contribution is 0.236. The van der Waals surface area contributed by atoms with E-state index in [4.69, 9.17) is 5.11 Å². The van der Waals surface area contributed by atoms with Crippen molar-refractivity contribution in [3.05, 3.63) is 18.0 Å². The molecule has 0 aliphatic carbocycles. The Morgan fingerprint density at radius 1 is 1.69 bits per heavy atom. The summed E-state index contributed by atoms with van der Waals surface area (Å²) in [6.07, 6.45) is 2.85. The first kappa shape index (κ1) is 10.2. The van der Waals surface area contributed by atoms with Crippen LogP contribution in [0.15, 0.2) is 12.3 Å². The minimum atomic E-state index is 0.171. The van der Waals surface area contributed by atoms with Gasteiger partial charge in [0.15, 0.2) is 0 Å². The quantitative estimate of drug-likeness (QED) is 0.684. The number of aryl methyl sites for hydroxylation is 2. The van der Waals surface area contributed by atoms with Crippen molar-refractivity contribution in [1.29, 1.82) is 0 Å². The lowest BCUT2D eigenvalue weighted by Crippen LogP contribution is -2.30. The lowest BCUT2D eigenvalue weighted by atomic mass is 10.2. The Morgan fingerprint density at radius 3 is 2.92 bits per heavy atom. The van der Waals surface area contributed by atoms with E-state index in [2.05, 4.69) is 10.4 Å². The average Bonchev–Trinajstić information content (AvgIpc) is 2.53. The fraction of sp³-hybridized carbons (Fsp3) is 0.667. The van der Waals surface area contributed by atoms with Crippen molar-refractivity contribution >= 4 is 0 Å². The van der Waals surface area contributed by atoms with E-state index in [1.807, 2.05) is 30.9 Å². The molecule has 74 valence electrons. The van der Waals surface area contributed by atoms with Gasteiger partial charge in [-0.25, -0.2) is 0 Å². The number of nitrogens with one attached hydrogen (secondary N) is 1. The van der Waals surface area contributed by atoms with E-state index in [1.54, 1.807) is 0 Å². The summed E-state index contributed by atoms with van der Waals surface area (Å²) < 4.78 is 1.90. The Kier molecular flexibility index (Phi) is 3.92. The molecular formula is C9H17N3O. The maximum Gasteiger partial charge on any atom is 0.0593 e. The number of rotatable bonds is 5. The van der Waals surface area contributed by atoms with E-state index in [9.17, 15) is 0 Å². The third-order valence-corrected chi connectivity index (χ3v) is 2.11. The molecule has 0 spiro atoms. The molecule has 1 rings (SSSR count). The Balaban J connectivity index is 2.33. The number of likely N-dealkylation sites (N-methyl/N-ethyl adjacent to an activating group) is 1. The first-order valence-corrected chi connectivity index (χ1v) is 4.54. The fourth-order valence-corrected chi connectivity index (χ4v) is 1.20. The van der Waals surface area contributed by atoms with Gasteiger partial charge in [-0.3, -0.25) is 4.68 Å². The van der Waals surface area contributed by atoms with Gasteiger partial charge in [0.1, 0.15) is 0 Å². The van der Waals surface area contributed by atoms with Gasteiger partial charge in [0.25, 0.3) is 0 Å². The first-order valence-electron chi connectivity index (χ1n) is 4.54. The normalized spacial score (nSPS) is 13.2. The van der Waals surface area contributed by atoms with Crippen molar-refractivity contribution < 1.29 is 5.11 Å². The van der Waals surface area contributed by atoms with Crippen molar-refractivity contribution in [1.82, 2.24) is 15.1 Å². The van der Waals surface area contributed by atoms with E-state index in [0.29, 0.717) is 0 Å². The van der Waals surface area contributed by atoms with Gasteiger partial charge in [-0.2, -0.15) is 5.10 Å². The van der Waals surface area contributed by atoms with Crippen molar-refractivity contribution in [3.63, 3.8) is 0 Å². The Bertz CT molecular complexity index is 243. The molecule has 4 heteroatoms. The molecule has 0 bridgehead atoms. The molecule has 1 unspecified atom stereocenters. The van der Waals surface area contributed by atoms with Crippen molar-refractivity contribution in [2.75, 3.05) is 13.7 Å². The number of hydrogen-bond donors (Lipinski definition) is 2. The third kappa shape index (κ3) is 3.16. The molecule has 0 saturated heterocycles. The summed E-state index contributed by atoms with van der Waals surface area (Å²) in [5.74, 6) is 0. The first-order chi connectivity index (χ1) is 6.26. The van der Waals surface area contributed by atoms with E-state index >= 15 is 0 Å². The zero-order valence-corrected chi connectivity index (χ0v) is 8.20. The Morgan fingerprint density at radius 2 is 2.46 bits per heavy atom. The molecule has 0 radical (unpaired) electrons. The highest BCUT2D eigenvalue weighted by atomic mass is 16.3. The van der Waals surface area contributed by atoms with Gasteiger partial charge in [-0.1, -0.05) is 0 Å². The standard InChI is InChI=1S/C9H17N3O/c1-8-3-5-12(11-8)6-4-9(7-13)10-2/h3,5,9-10,13H,4,6-7H2,1-2H3. The van der Waals surface area contributed by atoms with Crippen LogP contribution in [0.25, 0.3) is 0 Å². The van der Waals surface area contributed by atoms with Gasteiger partial charge < -0.3 is 10.4 Å². The van der Waals surface area contributed by atoms with Gasteiger partial charge in [0.2, 0.25) is 0 Å². The molecule has 1 aromatic heterocycles. The Hall–Kier alpha value is -0.870. The SMILES string of the molecule is CNC(CO)CCn1ccc(C)n1. The van der Waals surface area contributed by atoms with Crippen LogP contribution in [0.1, 0.15) is 12.1 Å². The number of hydrogen-bond acceptors (Lipinski definition) is 3. The topological polar surface area (TPSA) is 50.1 Å². The highest BCUT2D eigenvalue weighted by molar-refractivity contribution is 4.94. The summed E-state index contributed by atoms with van der Waals surface area (Å²) in [7, 11) is 1.86. The molecular weight excluding hydrogens is 166 g/mol. The number of aliphatic hydroxyl groups excluding tert-OH is 1. The summed E-state index contributed by atoms with van der Waals surface area (Å²) in [6, 6.07) is 2.15. The molecule has 1 aromatic rings. The molecule has 1 heterocycles. The minimum Gasteiger partial charge on any atom is -0.395 e. The monoisotopic (exact) mass is 183 g/mol. The second-order valence-corrected chi connectivity index (χ2v) is 3.18. The van der Waals surface area contributed by atoms with Crippen LogP contribution in [0.2, 0.25) is 0 Å². The summed E-state index contributed by atoms with van der Waals surface area (Å²) in [5.41, 5.74) is 1.03. The predicted molar refractivity (Wildman–Crippen MR) is 51.5 cm³/mol. The van der Waals surface area contributed by atoms with Crippen LogP contribution in [0, 0.1) is 6.92 Å². The largest absolute Gasteiger partial charge is 0.395 e. The lowest BCUT2D eigenvalue weighted by Gasteiger charge is -2.12. The highest BCUT2D eigenvalue weighted by Gasteiger charge is 2.03. The molecule has 4 nitrogen and oxygen atoms in total. The molecule has 2 N–H and O–H groups in total. The van der Waals surface area contributed by atoms with Gasteiger partial charge in [0, 0.05) is 18.8 Å². The number of aromatic nitrogens is 2. The molecule has 0 fully saturated rings. The van der Waals surface area contributed by atoms with E-state index in [0.717, 1.165) is 18.7 Å². The van der Waals surface area contributed by atoms with Crippen LogP contribution in [0.4, 0.5) is 0 Å². The van der Waals surface area contributed by atoms with Crippen molar-refractivity contribution in [3.8, 4) is 0 Å².